The van der Waals surface area contributed by atoms with Crippen molar-refractivity contribution in [2.45, 2.75) is 6.92 Å². The highest BCUT2D eigenvalue weighted by atomic mass is 32.2. The van der Waals surface area contributed by atoms with Crippen LogP contribution in [0.1, 0.15) is 5.56 Å². The van der Waals surface area contributed by atoms with E-state index in [1.54, 1.807) is 6.07 Å². The van der Waals surface area contributed by atoms with Gasteiger partial charge in [0.1, 0.15) is 0 Å². The fourth-order valence-electron chi connectivity index (χ4n) is 1.14. The Morgan fingerprint density at radius 3 is 2.94 bits per heavy atom. The molecule has 88 valence electrons. The molecule has 0 atom stereocenters. The van der Waals surface area contributed by atoms with Crippen LogP contribution in [0.3, 0.4) is 0 Å². The number of carbonyl (C=O) groups excluding carboxylic acids is 1. The molecule has 1 rings (SSSR count). The number of benzene rings is 1. The highest BCUT2D eigenvalue weighted by molar-refractivity contribution is 7.99. The standard InChI is InChI=1S/C11H16N2O2S/c1-8-2-3-9(6-10(8)12)13-11(15)7-16-5-4-14/h2-3,6,14H,4-5,7,12H2,1H3,(H,13,15). The number of hydrogen-bond donors (Lipinski definition) is 3. The molecule has 1 aromatic carbocycles. The van der Waals surface area contributed by atoms with Gasteiger partial charge in [-0.15, -0.1) is 11.8 Å². The van der Waals surface area contributed by atoms with Gasteiger partial charge in [-0.1, -0.05) is 6.07 Å². The minimum Gasteiger partial charge on any atom is -0.398 e. The Morgan fingerprint density at radius 1 is 1.56 bits per heavy atom. The molecule has 0 bridgehead atoms. The first-order valence-electron chi connectivity index (χ1n) is 4.98. The number of thioether (sulfide) groups is 1. The number of aliphatic hydroxyl groups is 1. The summed E-state index contributed by atoms with van der Waals surface area (Å²) in [4.78, 5) is 11.4. The number of amides is 1. The molecule has 0 aliphatic carbocycles. The van der Waals surface area contributed by atoms with Gasteiger partial charge in [-0.3, -0.25) is 4.79 Å². The van der Waals surface area contributed by atoms with Crippen molar-refractivity contribution >= 4 is 29.0 Å². The maximum Gasteiger partial charge on any atom is 0.234 e. The van der Waals surface area contributed by atoms with Gasteiger partial charge in [0.25, 0.3) is 0 Å². The Hall–Kier alpha value is -1.20. The van der Waals surface area contributed by atoms with E-state index in [1.165, 1.54) is 11.8 Å². The van der Waals surface area contributed by atoms with Gasteiger partial charge in [-0.25, -0.2) is 0 Å². The van der Waals surface area contributed by atoms with Crippen molar-refractivity contribution in [1.29, 1.82) is 0 Å². The van der Waals surface area contributed by atoms with Gasteiger partial charge in [-0.2, -0.15) is 0 Å². The van der Waals surface area contributed by atoms with Crippen molar-refractivity contribution in [3.63, 3.8) is 0 Å². The smallest absolute Gasteiger partial charge is 0.234 e. The molecule has 0 saturated carbocycles. The van der Waals surface area contributed by atoms with E-state index >= 15 is 0 Å². The topological polar surface area (TPSA) is 75.3 Å². The molecule has 0 aliphatic rings. The zero-order valence-electron chi connectivity index (χ0n) is 9.19. The summed E-state index contributed by atoms with van der Waals surface area (Å²) in [6.45, 7) is 2.01. The molecule has 0 aliphatic heterocycles. The van der Waals surface area contributed by atoms with Crippen molar-refractivity contribution in [1.82, 2.24) is 0 Å². The number of nitrogen functional groups attached to an aromatic ring is 1. The van der Waals surface area contributed by atoms with Gasteiger partial charge in [-0.05, 0) is 24.6 Å². The summed E-state index contributed by atoms with van der Waals surface area (Å²) in [5, 5.41) is 11.3. The molecular weight excluding hydrogens is 224 g/mol. The Kier molecular flexibility index (Phi) is 5.14. The van der Waals surface area contributed by atoms with Crippen LogP contribution in [0.25, 0.3) is 0 Å². The first-order chi connectivity index (χ1) is 7.63. The van der Waals surface area contributed by atoms with Crippen LogP contribution in [0.5, 0.6) is 0 Å². The Bertz CT molecular complexity index is 369. The second-order valence-corrected chi connectivity index (χ2v) is 4.50. The quantitative estimate of drug-likeness (QED) is 0.534. The van der Waals surface area contributed by atoms with Crippen molar-refractivity contribution < 1.29 is 9.90 Å². The van der Waals surface area contributed by atoms with Gasteiger partial charge in [0.2, 0.25) is 5.91 Å². The lowest BCUT2D eigenvalue weighted by Crippen LogP contribution is -2.14. The number of aryl methyl sites for hydroxylation is 1. The minimum atomic E-state index is -0.0818. The molecule has 0 unspecified atom stereocenters. The van der Waals surface area contributed by atoms with Gasteiger partial charge >= 0.3 is 0 Å². The van der Waals surface area contributed by atoms with Gasteiger partial charge in [0, 0.05) is 17.1 Å². The molecule has 0 spiro atoms. The van der Waals surface area contributed by atoms with Crippen molar-refractivity contribution in [2.75, 3.05) is 29.2 Å². The normalized spacial score (nSPS) is 10.1. The van der Waals surface area contributed by atoms with Crippen molar-refractivity contribution in [3.8, 4) is 0 Å². The Morgan fingerprint density at radius 2 is 2.31 bits per heavy atom. The van der Waals surface area contributed by atoms with E-state index in [0.717, 1.165) is 5.56 Å². The Labute approximate surface area is 99.2 Å². The first-order valence-corrected chi connectivity index (χ1v) is 6.13. The average molecular weight is 240 g/mol. The SMILES string of the molecule is Cc1ccc(NC(=O)CSCCO)cc1N. The summed E-state index contributed by atoms with van der Waals surface area (Å²) in [7, 11) is 0. The van der Waals surface area contributed by atoms with Crippen LogP contribution < -0.4 is 11.1 Å². The van der Waals surface area contributed by atoms with E-state index in [1.807, 2.05) is 19.1 Å². The molecule has 16 heavy (non-hydrogen) atoms. The molecular formula is C11H16N2O2S. The molecule has 4 nitrogen and oxygen atoms in total. The number of aliphatic hydroxyl groups excluding tert-OH is 1. The van der Waals surface area contributed by atoms with E-state index in [4.69, 9.17) is 10.8 Å². The molecule has 1 amide bonds. The summed E-state index contributed by atoms with van der Waals surface area (Å²) in [6, 6.07) is 5.43. The summed E-state index contributed by atoms with van der Waals surface area (Å²) < 4.78 is 0. The second kappa shape index (κ2) is 6.40. The lowest BCUT2D eigenvalue weighted by Gasteiger charge is -2.07. The minimum absolute atomic E-state index is 0.0818. The third-order valence-corrected chi connectivity index (χ3v) is 2.97. The fraction of sp³-hybridized carbons (Fsp3) is 0.364. The van der Waals surface area contributed by atoms with Crippen LogP contribution >= 0.6 is 11.8 Å². The number of rotatable bonds is 5. The average Bonchev–Trinajstić information content (AvgIpc) is 2.24. The number of anilines is 2. The van der Waals surface area contributed by atoms with Crippen LogP contribution in [0.4, 0.5) is 11.4 Å². The largest absolute Gasteiger partial charge is 0.398 e. The summed E-state index contributed by atoms with van der Waals surface area (Å²) in [5.74, 6) is 0.833. The highest BCUT2D eigenvalue weighted by Crippen LogP contribution is 2.17. The maximum atomic E-state index is 11.4. The summed E-state index contributed by atoms with van der Waals surface area (Å²) >= 11 is 1.39. The number of nitrogens with one attached hydrogen (secondary N) is 1. The van der Waals surface area contributed by atoms with Crippen LogP contribution in [-0.4, -0.2) is 29.1 Å². The van der Waals surface area contributed by atoms with E-state index in [0.29, 0.717) is 22.9 Å². The van der Waals surface area contributed by atoms with Gasteiger partial charge in [0.05, 0.1) is 12.4 Å². The Balaban J connectivity index is 2.46. The number of nitrogens with two attached hydrogens (primary N) is 1. The van der Waals surface area contributed by atoms with Crippen molar-refractivity contribution in [3.05, 3.63) is 23.8 Å². The molecule has 0 saturated heterocycles. The first kappa shape index (κ1) is 12.9. The summed E-state index contributed by atoms with van der Waals surface area (Å²) in [6.07, 6.45) is 0. The zero-order valence-corrected chi connectivity index (χ0v) is 10.0. The number of hydrogen-bond acceptors (Lipinski definition) is 4. The number of carbonyl (C=O) groups is 1. The third-order valence-electron chi connectivity index (χ3n) is 2.03. The van der Waals surface area contributed by atoms with Crippen LogP contribution in [0.15, 0.2) is 18.2 Å². The molecule has 1 aromatic rings. The lowest BCUT2D eigenvalue weighted by atomic mass is 10.2. The summed E-state index contributed by atoms with van der Waals surface area (Å²) in [5.41, 5.74) is 8.10. The molecule has 5 heteroatoms. The molecule has 0 radical (unpaired) electrons. The van der Waals surface area contributed by atoms with Crippen LogP contribution in [0, 0.1) is 6.92 Å². The van der Waals surface area contributed by atoms with Crippen LogP contribution in [-0.2, 0) is 4.79 Å². The molecule has 0 aromatic heterocycles. The van der Waals surface area contributed by atoms with E-state index in [9.17, 15) is 4.79 Å². The third kappa shape index (κ3) is 4.12. The lowest BCUT2D eigenvalue weighted by molar-refractivity contribution is -0.113. The van der Waals surface area contributed by atoms with Gasteiger partial charge < -0.3 is 16.2 Å². The zero-order chi connectivity index (χ0) is 12.0. The van der Waals surface area contributed by atoms with E-state index in [-0.39, 0.29) is 12.5 Å². The molecule has 0 heterocycles. The van der Waals surface area contributed by atoms with Crippen LogP contribution in [0.2, 0.25) is 0 Å². The van der Waals surface area contributed by atoms with E-state index < -0.39 is 0 Å². The monoisotopic (exact) mass is 240 g/mol. The fourth-order valence-corrected chi connectivity index (χ4v) is 1.68. The predicted molar refractivity (Wildman–Crippen MR) is 68.6 cm³/mol. The van der Waals surface area contributed by atoms with Gasteiger partial charge in [0.15, 0.2) is 0 Å². The highest BCUT2D eigenvalue weighted by Gasteiger charge is 2.03. The maximum absolute atomic E-state index is 11.4. The predicted octanol–water partition coefficient (Wildman–Crippen LogP) is 1.24. The molecule has 0 fully saturated rings. The van der Waals surface area contributed by atoms with Crippen molar-refractivity contribution in [2.24, 2.45) is 0 Å². The second-order valence-electron chi connectivity index (χ2n) is 3.40. The van der Waals surface area contributed by atoms with E-state index in [2.05, 4.69) is 5.32 Å². The molecule has 4 N–H and O–H groups in total.